The minimum absolute atomic E-state index is 0.227. The van der Waals surface area contributed by atoms with Gasteiger partial charge in [0.25, 0.3) is 0 Å². The summed E-state index contributed by atoms with van der Waals surface area (Å²) in [5.74, 6) is 0.645. The molecule has 3 N–H and O–H groups in total. The molecule has 1 aliphatic rings. The number of rotatable bonds is 2. The summed E-state index contributed by atoms with van der Waals surface area (Å²) in [6.07, 6.45) is 0. The van der Waals surface area contributed by atoms with Crippen LogP contribution in [0, 0.1) is 17.8 Å². The van der Waals surface area contributed by atoms with Crippen molar-refractivity contribution in [2.24, 2.45) is 10.8 Å². The minimum atomic E-state index is 0.227. The van der Waals surface area contributed by atoms with Gasteiger partial charge in [-0.1, -0.05) is 27.7 Å². The number of aromatic nitrogens is 2. The first-order valence-corrected chi connectivity index (χ1v) is 6.12. The molecule has 94 valence electrons. The molecule has 0 atom stereocenters. The predicted octanol–water partition coefficient (Wildman–Crippen LogP) is 2.87. The van der Waals surface area contributed by atoms with Crippen LogP contribution in [0.1, 0.15) is 33.4 Å². The molecule has 0 bridgehead atoms. The molecule has 0 amide bonds. The molecule has 4 nitrogen and oxygen atoms in total. The maximum Gasteiger partial charge on any atom is 0.224 e. The monoisotopic (exact) mass is 254 g/mol. The number of anilines is 2. The number of nitrogens with zero attached hydrogens (tertiary/aromatic N) is 2. The zero-order chi connectivity index (χ0) is 13.0. The molecule has 0 saturated heterocycles. The smallest absolute Gasteiger partial charge is 0.224 e. The van der Waals surface area contributed by atoms with Gasteiger partial charge in [-0.05, 0) is 29.4 Å². The molecule has 1 heterocycles. The van der Waals surface area contributed by atoms with E-state index in [0.717, 1.165) is 0 Å². The van der Waals surface area contributed by atoms with Gasteiger partial charge in [0.05, 0.1) is 11.4 Å². The van der Waals surface area contributed by atoms with Crippen LogP contribution in [-0.4, -0.2) is 16.0 Å². The molecule has 1 aromatic heterocycles. The Morgan fingerprint density at radius 2 is 1.71 bits per heavy atom. The van der Waals surface area contributed by atoms with Crippen LogP contribution < -0.4 is 11.1 Å². The SMILES string of the molecule is Cc1nc(Cl)nc(NC2C(C)(C)C2(C)C)c1N. The zero-order valence-electron chi connectivity index (χ0n) is 10.9. The molecule has 0 aliphatic heterocycles. The van der Waals surface area contributed by atoms with Crippen molar-refractivity contribution in [1.29, 1.82) is 0 Å². The Morgan fingerprint density at radius 3 is 2.18 bits per heavy atom. The van der Waals surface area contributed by atoms with Crippen LogP contribution in [0.5, 0.6) is 0 Å². The van der Waals surface area contributed by atoms with Gasteiger partial charge in [0.15, 0.2) is 5.82 Å². The van der Waals surface area contributed by atoms with Crippen molar-refractivity contribution < 1.29 is 0 Å². The first-order chi connectivity index (χ1) is 7.68. The van der Waals surface area contributed by atoms with Crippen molar-refractivity contribution in [3.63, 3.8) is 0 Å². The van der Waals surface area contributed by atoms with Gasteiger partial charge in [0.1, 0.15) is 0 Å². The largest absolute Gasteiger partial charge is 0.394 e. The Balaban J connectivity index is 2.27. The number of nitrogens with one attached hydrogen (secondary N) is 1. The number of hydrogen-bond donors (Lipinski definition) is 2. The molecular weight excluding hydrogens is 236 g/mol. The molecule has 0 spiro atoms. The molecule has 1 fully saturated rings. The van der Waals surface area contributed by atoms with Gasteiger partial charge < -0.3 is 11.1 Å². The highest BCUT2D eigenvalue weighted by Crippen LogP contribution is 2.63. The number of nitrogens with two attached hydrogens (primary N) is 1. The summed E-state index contributed by atoms with van der Waals surface area (Å²) >= 11 is 5.85. The lowest BCUT2D eigenvalue weighted by Crippen LogP contribution is -2.14. The van der Waals surface area contributed by atoms with Crippen molar-refractivity contribution in [2.75, 3.05) is 11.1 Å². The number of hydrogen-bond acceptors (Lipinski definition) is 4. The topological polar surface area (TPSA) is 63.8 Å². The van der Waals surface area contributed by atoms with Gasteiger partial charge in [-0.2, -0.15) is 4.98 Å². The predicted molar refractivity (Wildman–Crippen MR) is 71.2 cm³/mol. The second-order valence-corrected chi connectivity index (χ2v) is 6.20. The normalized spacial score (nSPS) is 21.3. The molecule has 0 aromatic carbocycles. The van der Waals surface area contributed by atoms with Crippen LogP contribution >= 0.6 is 11.6 Å². The van der Waals surface area contributed by atoms with E-state index in [9.17, 15) is 0 Å². The summed E-state index contributed by atoms with van der Waals surface area (Å²) in [4.78, 5) is 8.19. The van der Waals surface area contributed by atoms with Crippen LogP contribution in [0.2, 0.25) is 5.28 Å². The quantitative estimate of drug-likeness (QED) is 0.797. The third kappa shape index (κ3) is 1.75. The number of nitrogen functional groups attached to an aromatic ring is 1. The highest BCUT2D eigenvalue weighted by atomic mass is 35.5. The average molecular weight is 255 g/mol. The van der Waals surface area contributed by atoms with Gasteiger partial charge in [0.2, 0.25) is 5.28 Å². The highest BCUT2D eigenvalue weighted by Gasteiger charge is 2.65. The first-order valence-electron chi connectivity index (χ1n) is 5.74. The number of halogens is 1. The minimum Gasteiger partial charge on any atom is -0.394 e. The summed E-state index contributed by atoms with van der Waals surface area (Å²) in [6, 6.07) is 0.350. The summed E-state index contributed by atoms with van der Waals surface area (Å²) in [5.41, 5.74) is 7.70. The zero-order valence-corrected chi connectivity index (χ0v) is 11.7. The van der Waals surface area contributed by atoms with E-state index in [4.69, 9.17) is 17.3 Å². The standard InChI is InChI=1S/C12H19ClN4/c1-6-7(14)8(17-10(13)15-6)16-9-11(2,3)12(9,4)5/h9H,14H2,1-5H3,(H,15,16,17). The molecule has 0 unspecified atom stereocenters. The molecular formula is C12H19ClN4. The Kier molecular flexibility index (Phi) is 2.54. The van der Waals surface area contributed by atoms with E-state index in [1.807, 2.05) is 6.92 Å². The van der Waals surface area contributed by atoms with Crippen molar-refractivity contribution in [3.05, 3.63) is 11.0 Å². The van der Waals surface area contributed by atoms with E-state index in [1.165, 1.54) is 0 Å². The molecule has 2 rings (SSSR count). The van der Waals surface area contributed by atoms with Gasteiger partial charge in [0, 0.05) is 6.04 Å². The number of aryl methyl sites for hydroxylation is 1. The van der Waals surface area contributed by atoms with Crippen LogP contribution in [0.3, 0.4) is 0 Å². The lowest BCUT2D eigenvalue weighted by atomic mass is 10.0. The lowest BCUT2D eigenvalue weighted by Gasteiger charge is -2.11. The van der Waals surface area contributed by atoms with Gasteiger partial charge in [-0.3, -0.25) is 0 Å². The molecule has 0 radical (unpaired) electrons. The maximum atomic E-state index is 5.96. The van der Waals surface area contributed by atoms with E-state index < -0.39 is 0 Å². The van der Waals surface area contributed by atoms with Gasteiger partial charge >= 0.3 is 0 Å². The van der Waals surface area contributed by atoms with Crippen LogP contribution in [-0.2, 0) is 0 Å². The Morgan fingerprint density at radius 1 is 1.18 bits per heavy atom. The average Bonchev–Trinajstić information content (AvgIpc) is 2.56. The van der Waals surface area contributed by atoms with E-state index in [1.54, 1.807) is 0 Å². The maximum absolute atomic E-state index is 5.96. The van der Waals surface area contributed by atoms with E-state index >= 15 is 0 Å². The summed E-state index contributed by atoms with van der Waals surface area (Å²) < 4.78 is 0. The molecule has 1 aromatic rings. The fourth-order valence-corrected chi connectivity index (χ4v) is 2.56. The van der Waals surface area contributed by atoms with E-state index in [0.29, 0.717) is 23.2 Å². The fraction of sp³-hybridized carbons (Fsp3) is 0.667. The summed E-state index contributed by atoms with van der Waals surface area (Å²) in [6.45, 7) is 10.8. The van der Waals surface area contributed by atoms with Crippen molar-refractivity contribution in [2.45, 2.75) is 40.7 Å². The second-order valence-electron chi connectivity index (χ2n) is 5.86. The molecule has 5 heteroatoms. The third-order valence-electron chi connectivity index (χ3n) is 4.41. The van der Waals surface area contributed by atoms with E-state index in [2.05, 4.69) is 43.0 Å². The lowest BCUT2D eigenvalue weighted by molar-refractivity contribution is 0.457. The van der Waals surface area contributed by atoms with Crippen molar-refractivity contribution in [3.8, 4) is 0 Å². The molecule has 17 heavy (non-hydrogen) atoms. The fourth-order valence-electron chi connectivity index (χ4n) is 2.35. The van der Waals surface area contributed by atoms with Gasteiger partial charge in [-0.15, -0.1) is 0 Å². The Bertz CT molecular complexity index is 454. The van der Waals surface area contributed by atoms with E-state index in [-0.39, 0.29) is 16.1 Å². The highest BCUT2D eigenvalue weighted by molar-refractivity contribution is 6.28. The van der Waals surface area contributed by atoms with Gasteiger partial charge in [-0.25, -0.2) is 4.98 Å². The Hall–Kier alpha value is -1.03. The summed E-state index contributed by atoms with van der Waals surface area (Å²) in [5, 5.41) is 3.62. The van der Waals surface area contributed by atoms with Crippen LogP contribution in [0.25, 0.3) is 0 Å². The first kappa shape index (κ1) is 12.4. The van der Waals surface area contributed by atoms with Crippen molar-refractivity contribution in [1.82, 2.24) is 9.97 Å². The Labute approximate surface area is 107 Å². The molecule has 1 aliphatic carbocycles. The van der Waals surface area contributed by atoms with Crippen LogP contribution in [0.4, 0.5) is 11.5 Å². The summed E-state index contributed by atoms with van der Waals surface area (Å²) in [7, 11) is 0. The van der Waals surface area contributed by atoms with Crippen LogP contribution in [0.15, 0.2) is 0 Å². The second kappa shape index (κ2) is 3.48. The molecule has 1 saturated carbocycles. The third-order valence-corrected chi connectivity index (χ3v) is 4.58. The van der Waals surface area contributed by atoms with Crippen molar-refractivity contribution >= 4 is 23.1 Å².